The summed E-state index contributed by atoms with van der Waals surface area (Å²) in [4.78, 5) is 18.2. The molecule has 1 aromatic rings. The molecule has 0 fully saturated rings. The summed E-state index contributed by atoms with van der Waals surface area (Å²) in [5.41, 5.74) is 4.39. The minimum atomic E-state index is -1.51. The van der Waals surface area contributed by atoms with Gasteiger partial charge in [0.1, 0.15) is 6.33 Å². The standard InChI is InChI=1S/C7H12N4O5/c8-6-9-3-11(7(15)10-6)4(1-12)16-5(14)2-13/h3-5,12-14H,1-2H2,(H2,8,10,15)/t4-,5?/m1/s1. The van der Waals surface area contributed by atoms with E-state index in [9.17, 15) is 4.79 Å². The second-order valence-electron chi connectivity index (χ2n) is 2.81. The van der Waals surface area contributed by atoms with Crippen LogP contribution in [0, 0.1) is 0 Å². The zero-order valence-electron chi connectivity index (χ0n) is 8.22. The summed E-state index contributed by atoms with van der Waals surface area (Å²) < 4.78 is 5.60. The Kier molecular flexibility index (Phi) is 4.31. The van der Waals surface area contributed by atoms with E-state index in [4.69, 9.17) is 25.8 Å². The highest BCUT2D eigenvalue weighted by Gasteiger charge is 2.16. The quantitative estimate of drug-likeness (QED) is 0.394. The maximum absolute atomic E-state index is 11.3. The maximum atomic E-state index is 11.3. The van der Waals surface area contributed by atoms with Crippen LogP contribution < -0.4 is 11.4 Å². The lowest BCUT2D eigenvalue weighted by molar-refractivity contribution is -0.189. The van der Waals surface area contributed by atoms with Crippen LogP contribution in [-0.2, 0) is 4.74 Å². The number of aliphatic hydroxyl groups excluding tert-OH is 3. The topological polar surface area (TPSA) is 144 Å². The molecule has 0 radical (unpaired) electrons. The van der Waals surface area contributed by atoms with Crippen molar-refractivity contribution in [2.24, 2.45) is 0 Å². The van der Waals surface area contributed by atoms with E-state index in [-0.39, 0.29) is 5.95 Å². The highest BCUT2D eigenvalue weighted by atomic mass is 16.6. The van der Waals surface area contributed by atoms with Gasteiger partial charge in [0, 0.05) is 0 Å². The van der Waals surface area contributed by atoms with Gasteiger partial charge in [0.25, 0.3) is 0 Å². The Bertz CT molecular complexity index is 395. The predicted octanol–water partition coefficient (Wildman–Crippen LogP) is -2.96. The van der Waals surface area contributed by atoms with Crippen molar-refractivity contribution < 1.29 is 20.1 Å². The van der Waals surface area contributed by atoms with Crippen molar-refractivity contribution in [1.82, 2.24) is 14.5 Å². The van der Waals surface area contributed by atoms with Crippen LogP contribution >= 0.6 is 0 Å². The van der Waals surface area contributed by atoms with E-state index in [0.717, 1.165) is 10.9 Å². The van der Waals surface area contributed by atoms with Gasteiger partial charge in [-0.3, -0.25) is 4.57 Å². The molecule has 1 aromatic heterocycles. The van der Waals surface area contributed by atoms with E-state index in [2.05, 4.69) is 9.97 Å². The second kappa shape index (κ2) is 5.51. The molecule has 0 aromatic carbocycles. The molecule has 9 nitrogen and oxygen atoms in total. The van der Waals surface area contributed by atoms with Crippen molar-refractivity contribution in [3.8, 4) is 0 Å². The molecule has 0 amide bonds. The van der Waals surface area contributed by atoms with Crippen LogP contribution in [0.5, 0.6) is 0 Å². The van der Waals surface area contributed by atoms with Crippen LogP contribution in [0.2, 0.25) is 0 Å². The summed E-state index contributed by atoms with van der Waals surface area (Å²) in [7, 11) is 0. The van der Waals surface area contributed by atoms with Crippen molar-refractivity contribution >= 4 is 5.95 Å². The second-order valence-corrected chi connectivity index (χ2v) is 2.81. The van der Waals surface area contributed by atoms with Crippen molar-refractivity contribution in [1.29, 1.82) is 0 Å². The molecule has 0 saturated carbocycles. The SMILES string of the molecule is Nc1ncn([C@@H](CO)OC(O)CO)c(=O)n1. The van der Waals surface area contributed by atoms with Crippen LogP contribution in [0.25, 0.3) is 0 Å². The fraction of sp³-hybridized carbons (Fsp3) is 0.571. The number of aromatic nitrogens is 3. The van der Waals surface area contributed by atoms with E-state index in [1.807, 2.05) is 0 Å². The Morgan fingerprint density at radius 2 is 2.19 bits per heavy atom. The van der Waals surface area contributed by atoms with Gasteiger partial charge in [-0.2, -0.15) is 4.98 Å². The van der Waals surface area contributed by atoms with Gasteiger partial charge in [-0.25, -0.2) is 9.78 Å². The van der Waals surface area contributed by atoms with Gasteiger partial charge in [0.2, 0.25) is 5.95 Å². The van der Waals surface area contributed by atoms with Crippen molar-refractivity contribution in [3.63, 3.8) is 0 Å². The Hall–Kier alpha value is -1.55. The first kappa shape index (κ1) is 12.5. The monoisotopic (exact) mass is 232 g/mol. The Morgan fingerprint density at radius 1 is 1.50 bits per heavy atom. The van der Waals surface area contributed by atoms with Gasteiger partial charge in [-0.15, -0.1) is 0 Å². The molecule has 90 valence electrons. The van der Waals surface area contributed by atoms with E-state index in [1.54, 1.807) is 0 Å². The number of anilines is 1. The van der Waals surface area contributed by atoms with Gasteiger partial charge >= 0.3 is 5.69 Å². The number of nitrogens with two attached hydrogens (primary N) is 1. The van der Waals surface area contributed by atoms with Crippen molar-refractivity contribution in [3.05, 3.63) is 16.8 Å². The molecule has 0 spiro atoms. The molecule has 1 heterocycles. The average Bonchev–Trinajstić information content (AvgIpc) is 2.26. The van der Waals surface area contributed by atoms with E-state index in [1.165, 1.54) is 0 Å². The highest BCUT2D eigenvalue weighted by molar-refractivity contribution is 5.09. The van der Waals surface area contributed by atoms with Gasteiger partial charge < -0.3 is 25.8 Å². The van der Waals surface area contributed by atoms with Gasteiger partial charge in [-0.05, 0) is 0 Å². The number of rotatable bonds is 5. The molecule has 0 aliphatic carbocycles. The van der Waals surface area contributed by atoms with Crippen molar-refractivity contribution in [2.75, 3.05) is 18.9 Å². The van der Waals surface area contributed by atoms with Crippen LogP contribution in [0.1, 0.15) is 6.23 Å². The molecule has 0 saturated heterocycles. The molecule has 0 aliphatic rings. The normalized spacial score (nSPS) is 14.7. The predicted molar refractivity (Wildman–Crippen MR) is 51.0 cm³/mol. The molecule has 2 atom stereocenters. The van der Waals surface area contributed by atoms with Crippen molar-refractivity contribution in [2.45, 2.75) is 12.5 Å². The summed E-state index contributed by atoms with van der Waals surface area (Å²) in [6.07, 6.45) is -1.67. The molecule has 9 heteroatoms. The summed E-state index contributed by atoms with van der Waals surface area (Å²) in [5.74, 6) is -0.208. The minimum absolute atomic E-state index is 0.208. The molecule has 0 aliphatic heterocycles. The zero-order chi connectivity index (χ0) is 12.1. The average molecular weight is 232 g/mol. The lowest BCUT2D eigenvalue weighted by Gasteiger charge is -2.19. The number of nitrogen functional groups attached to an aromatic ring is 1. The molecule has 1 rings (SSSR count). The van der Waals surface area contributed by atoms with Crippen LogP contribution in [-0.4, -0.2) is 49.4 Å². The van der Waals surface area contributed by atoms with Gasteiger partial charge in [0.05, 0.1) is 13.2 Å². The lowest BCUT2D eigenvalue weighted by atomic mass is 10.5. The van der Waals surface area contributed by atoms with E-state index in [0.29, 0.717) is 0 Å². The summed E-state index contributed by atoms with van der Waals surface area (Å²) in [6, 6.07) is 0. The smallest absolute Gasteiger partial charge is 0.354 e. The van der Waals surface area contributed by atoms with Gasteiger partial charge in [-0.1, -0.05) is 0 Å². The Morgan fingerprint density at radius 3 is 2.69 bits per heavy atom. The first-order valence-corrected chi connectivity index (χ1v) is 4.34. The maximum Gasteiger partial charge on any atom is 0.354 e. The highest BCUT2D eigenvalue weighted by Crippen LogP contribution is 2.06. The third-order valence-corrected chi connectivity index (χ3v) is 1.68. The fourth-order valence-corrected chi connectivity index (χ4v) is 0.974. The summed E-state index contributed by atoms with van der Waals surface area (Å²) >= 11 is 0. The van der Waals surface area contributed by atoms with Crippen LogP contribution in [0.15, 0.2) is 11.1 Å². The van der Waals surface area contributed by atoms with Gasteiger partial charge in [0.15, 0.2) is 12.5 Å². The molecular formula is C7H12N4O5. The van der Waals surface area contributed by atoms with Crippen LogP contribution in [0.3, 0.4) is 0 Å². The molecular weight excluding hydrogens is 220 g/mol. The Balaban J connectivity index is 2.91. The van der Waals surface area contributed by atoms with E-state index >= 15 is 0 Å². The summed E-state index contributed by atoms with van der Waals surface area (Å²) in [6.45, 7) is -1.26. The van der Waals surface area contributed by atoms with E-state index < -0.39 is 31.4 Å². The third-order valence-electron chi connectivity index (χ3n) is 1.68. The molecule has 16 heavy (non-hydrogen) atoms. The lowest BCUT2D eigenvalue weighted by Crippen LogP contribution is -2.34. The Labute approximate surface area is 89.8 Å². The largest absolute Gasteiger partial charge is 0.392 e. The molecule has 0 bridgehead atoms. The summed E-state index contributed by atoms with van der Waals surface area (Å²) in [5, 5.41) is 26.5. The number of aliphatic hydroxyl groups is 3. The number of nitrogens with zero attached hydrogens (tertiary/aromatic N) is 3. The minimum Gasteiger partial charge on any atom is -0.392 e. The first-order valence-electron chi connectivity index (χ1n) is 4.34. The molecule has 5 N–H and O–H groups in total. The third kappa shape index (κ3) is 2.97. The molecule has 1 unspecified atom stereocenters. The first-order chi connectivity index (χ1) is 7.58. The van der Waals surface area contributed by atoms with Crippen LogP contribution in [0.4, 0.5) is 5.95 Å². The number of ether oxygens (including phenoxy) is 1. The zero-order valence-corrected chi connectivity index (χ0v) is 8.22. The number of hydrogen-bond acceptors (Lipinski definition) is 8. The fourth-order valence-electron chi connectivity index (χ4n) is 0.974. The number of hydrogen-bond donors (Lipinski definition) is 4.